The molecule has 0 spiro atoms. The Morgan fingerprint density at radius 2 is 2.00 bits per heavy atom. The van der Waals surface area contributed by atoms with Crippen LogP contribution in [-0.4, -0.2) is 19.8 Å². The normalized spacial score (nSPS) is 13.7. The average molecular weight is 379 g/mol. The molecule has 0 bridgehead atoms. The molecule has 2 nitrogen and oxygen atoms in total. The molecule has 1 aromatic rings. The summed E-state index contributed by atoms with van der Waals surface area (Å²) in [5, 5.41) is 3.38. The first-order valence-corrected chi connectivity index (χ1v) is 7.65. The molecule has 0 heterocycles. The zero-order valence-corrected chi connectivity index (χ0v) is 14.6. The van der Waals surface area contributed by atoms with E-state index in [-0.39, 0.29) is 5.60 Å². The zero-order valence-electron chi connectivity index (χ0n) is 11.4. The lowest BCUT2D eigenvalue weighted by atomic mass is 9.95. The summed E-state index contributed by atoms with van der Waals surface area (Å²) < 4.78 is 7.72. The molecule has 0 aromatic heterocycles. The van der Waals surface area contributed by atoms with Crippen molar-refractivity contribution >= 4 is 31.9 Å². The Morgan fingerprint density at radius 1 is 1.33 bits per heavy atom. The third-order valence-corrected chi connectivity index (χ3v) is 4.49. The summed E-state index contributed by atoms with van der Waals surface area (Å²) >= 11 is 7.14. The summed E-state index contributed by atoms with van der Waals surface area (Å²) in [6.45, 7) is 4.24. The van der Waals surface area contributed by atoms with Crippen molar-refractivity contribution < 1.29 is 4.74 Å². The van der Waals surface area contributed by atoms with Crippen molar-refractivity contribution in [2.24, 2.45) is 0 Å². The predicted molar refractivity (Wildman–Crippen MR) is 84.0 cm³/mol. The minimum atomic E-state index is -0.0758. The minimum absolute atomic E-state index is 0.0758. The molecule has 18 heavy (non-hydrogen) atoms. The number of ether oxygens (including phenoxy) is 1. The second-order valence-corrected chi connectivity index (χ2v) is 6.78. The van der Waals surface area contributed by atoms with Crippen LogP contribution in [0.25, 0.3) is 0 Å². The summed E-state index contributed by atoms with van der Waals surface area (Å²) in [6, 6.07) is 6.60. The molecule has 0 fully saturated rings. The average Bonchev–Trinajstić information content (AvgIpc) is 2.34. The molecule has 0 saturated carbocycles. The van der Waals surface area contributed by atoms with E-state index in [4.69, 9.17) is 4.74 Å². The van der Waals surface area contributed by atoms with Crippen LogP contribution in [0.4, 0.5) is 0 Å². The van der Waals surface area contributed by atoms with Gasteiger partial charge < -0.3 is 10.1 Å². The number of nitrogens with one attached hydrogen (secondary N) is 1. The van der Waals surface area contributed by atoms with Crippen LogP contribution in [0.2, 0.25) is 0 Å². The Bertz CT molecular complexity index is 393. The van der Waals surface area contributed by atoms with E-state index < -0.39 is 0 Å². The molecular weight excluding hydrogens is 358 g/mol. The molecule has 0 radical (unpaired) electrons. The van der Waals surface area contributed by atoms with Crippen molar-refractivity contribution in [2.45, 2.75) is 38.3 Å². The predicted octanol–water partition coefficient (Wildman–Crippen LogP) is 4.68. The molecule has 1 atom stereocenters. The fourth-order valence-corrected chi connectivity index (χ4v) is 2.73. The van der Waals surface area contributed by atoms with E-state index in [1.807, 2.05) is 13.1 Å². The van der Waals surface area contributed by atoms with Crippen LogP contribution in [0, 0.1) is 0 Å². The van der Waals surface area contributed by atoms with Gasteiger partial charge >= 0.3 is 0 Å². The Labute approximate surface area is 127 Å². The molecule has 0 aliphatic heterocycles. The van der Waals surface area contributed by atoms with Gasteiger partial charge in [0.2, 0.25) is 0 Å². The van der Waals surface area contributed by atoms with Gasteiger partial charge in [0.1, 0.15) is 0 Å². The Morgan fingerprint density at radius 3 is 2.56 bits per heavy atom. The Hall–Kier alpha value is 0.1000. The Balaban J connectivity index is 2.80. The highest BCUT2D eigenvalue weighted by Crippen LogP contribution is 2.31. The largest absolute Gasteiger partial charge is 0.379 e. The van der Waals surface area contributed by atoms with E-state index in [0.29, 0.717) is 6.04 Å². The summed E-state index contributed by atoms with van der Waals surface area (Å²) in [6.07, 6.45) is 2.04. The van der Waals surface area contributed by atoms with Gasteiger partial charge in [-0.25, -0.2) is 0 Å². The molecular formula is C14H21Br2NO. The molecule has 0 aliphatic carbocycles. The van der Waals surface area contributed by atoms with E-state index in [9.17, 15) is 0 Å². The molecule has 1 aromatic carbocycles. The standard InChI is InChI=1S/C14H21Br2NO/c1-14(2,18-4)8-7-13(17-3)11-9-10(15)5-6-12(11)16/h5-6,9,13,17H,7-8H2,1-4H3. The van der Waals surface area contributed by atoms with Crippen LogP contribution in [0.5, 0.6) is 0 Å². The quantitative estimate of drug-likeness (QED) is 0.775. The van der Waals surface area contributed by atoms with Gasteiger partial charge in [-0.05, 0) is 57.5 Å². The van der Waals surface area contributed by atoms with Crippen molar-refractivity contribution in [1.29, 1.82) is 0 Å². The van der Waals surface area contributed by atoms with Crippen LogP contribution in [-0.2, 0) is 4.74 Å². The molecule has 0 amide bonds. The first-order chi connectivity index (χ1) is 8.39. The van der Waals surface area contributed by atoms with E-state index >= 15 is 0 Å². The SMILES string of the molecule is CNC(CCC(C)(C)OC)c1cc(Br)ccc1Br. The minimum Gasteiger partial charge on any atom is -0.379 e. The number of halogens is 2. The zero-order chi connectivity index (χ0) is 13.8. The smallest absolute Gasteiger partial charge is 0.0623 e. The number of benzene rings is 1. The molecule has 0 saturated heterocycles. The van der Waals surface area contributed by atoms with Gasteiger partial charge in [0.05, 0.1) is 5.60 Å². The van der Waals surface area contributed by atoms with Gasteiger partial charge in [-0.1, -0.05) is 31.9 Å². The molecule has 0 aliphatic rings. The third kappa shape index (κ3) is 4.65. The lowest BCUT2D eigenvalue weighted by Gasteiger charge is -2.26. The van der Waals surface area contributed by atoms with Gasteiger partial charge in [0.25, 0.3) is 0 Å². The fourth-order valence-electron chi connectivity index (χ4n) is 1.83. The van der Waals surface area contributed by atoms with Crippen LogP contribution >= 0.6 is 31.9 Å². The lowest BCUT2D eigenvalue weighted by Crippen LogP contribution is -2.26. The van der Waals surface area contributed by atoms with Crippen LogP contribution < -0.4 is 5.32 Å². The monoisotopic (exact) mass is 377 g/mol. The number of hydrogen-bond acceptors (Lipinski definition) is 2. The van der Waals surface area contributed by atoms with Crippen molar-refractivity contribution in [1.82, 2.24) is 5.32 Å². The van der Waals surface area contributed by atoms with Gasteiger partial charge in [-0.3, -0.25) is 0 Å². The molecule has 1 unspecified atom stereocenters. The van der Waals surface area contributed by atoms with Crippen molar-refractivity contribution in [3.05, 3.63) is 32.7 Å². The van der Waals surface area contributed by atoms with E-state index in [0.717, 1.165) is 21.8 Å². The second-order valence-electron chi connectivity index (χ2n) is 5.01. The summed E-state index contributed by atoms with van der Waals surface area (Å²) in [4.78, 5) is 0. The van der Waals surface area contributed by atoms with Crippen molar-refractivity contribution in [3.8, 4) is 0 Å². The van der Waals surface area contributed by atoms with E-state index in [1.54, 1.807) is 7.11 Å². The third-order valence-electron chi connectivity index (χ3n) is 3.27. The first-order valence-electron chi connectivity index (χ1n) is 6.07. The summed E-state index contributed by atoms with van der Waals surface area (Å²) in [7, 11) is 3.77. The first kappa shape index (κ1) is 16.2. The number of hydrogen-bond donors (Lipinski definition) is 1. The van der Waals surface area contributed by atoms with Gasteiger partial charge in [0, 0.05) is 22.1 Å². The van der Waals surface area contributed by atoms with Crippen molar-refractivity contribution in [3.63, 3.8) is 0 Å². The highest BCUT2D eigenvalue weighted by molar-refractivity contribution is 9.11. The van der Waals surface area contributed by atoms with Gasteiger partial charge in [0.15, 0.2) is 0 Å². The molecule has 102 valence electrons. The summed E-state index contributed by atoms with van der Waals surface area (Å²) in [5.74, 6) is 0. The van der Waals surface area contributed by atoms with Crippen LogP contribution in [0.15, 0.2) is 27.1 Å². The molecule has 4 heteroatoms. The number of rotatable bonds is 6. The highest BCUT2D eigenvalue weighted by atomic mass is 79.9. The maximum atomic E-state index is 5.47. The number of methoxy groups -OCH3 is 1. The maximum Gasteiger partial charge on any atom is 0.0623 e. The van der Waals surface area contributed by atoms with Gasteiger partial charge in [-0.15, -0.1) is 0 Å². The van der Waals surface area contributed by atoms with Gasteiger partial charge in [-0.2, -0.15) is 0 Å². The Kier molecular flexibility index (Phi) is 6.31. The topological polar surface area (TPSA) is 21.3 Å². The second kappa shape index (κ2) is 7.04. The fraction of sp³-hybridized carbons (Fsp3) is 0.571. The molecule has 1 N–H and O–H groups in total. The highest BCUT2D eigenvalue weighted by Gasteiger charge is 2.20. The van der Waals surface area contributed by atoms with E-state index in [1.165, 1.54) is 5.56 Å². The maximum absolute atomic E-state index is 5.47. The lowest BCUT2D eigenvalue weighted by molar-refractivity contribution is 0.0118. The van der Waals surface area contributed by atoms with Crippen molar-refractivity contribution in [2.75, 3.05) is 14.2 Å². The van der Waals surface area contributed by atoms with E-state index in [2.05, 4.69) is 63.2 Å². The summed E-state index contributed by atoms with van der Waals surface area (Å²) in [5.41, 5.74) is 1.20. The van der Waals surface area contributed by atoms with Crippen LogP contribution in [0.1, 0.15) is 38.3 Å². The van der Waals surface area contributed by atoms with Crippen LogP contribution in [0.3, 0.4) is 0 Å². The molecule has 1 rings (SSSR count).